The third-order valence-corrected chi connectivity index (χ3v) is 6.00. The van der Waals surface area contributed by atoms with Gasteiger partial charge in [0.25, 0.3) is 0 Å². The lowest BCUT2D eigenvalue weighted by Gasteiger charge is -2.17. The number of nitriles is 1. The predicted molar refractivity (Wildman–Crippen MR) is 127 cm³/mol. The molecule has 0 saturated heterocycles. The monoisotopic (exact) mass is 458 g/mol. The first-order chi connectivity index (χ1) is 16.1. The van der Waals surface area contributed by atoms with E-state index in [4.69, 9.17) is 5.73 Å². The van der Waals surface area contributed by atoms with Crippen LogP contribution in [0.3, 0.4) is 0 Å². The fourth-order valence-corrected chi connectivity index (χ4v) is 4.32. The van der Waals surface area contributed by atoms with Crippen LogP contribution >= 0.6 is 11.8 Å². The normalized spacial score (nSPS) is 11.6. The van der Waals surface area contributed by atoms with E-state index >= 15 is 0 Å². The number of rotatable bonds is 8. The molecule has 0 aliphatic carbocycles. The zero-order chi connectivity index (χ0) is 23.2. The molecule has 0 saturated carbocycles. The van der Waals surface area contributed by atoms with Gasteiger partial charge in [0.15, 0.2) is 11.0 Å². The molecular weight excluding hydrogens is 436 g/mol. The van der Waals surface area contributed by atoms with Crippen LogP contribution in [0.4, 0.5) is 11.8 Å². The number of carbonyl (C=O) groups excluding carboxylic acids is 1. The molecule has 10 heteroatoms. The van der Waals surface area contributed by atoms with Crippen molar-refractivity contribution in [3.8, 4) is 11.8 Å². The van der Waals surface area contributed by atoms with Crippen molar-refractivity contribution in [2.24, 2.45) is 0 Å². The van der Waals surface area contributed by atoms with Gasteiger partial charge >= 0.3 is 0 Å². The molecule has 0 aliphatic rings. The molecule has 0 bridgehead atoms. The third-order valence-electron chi connectivity index (χ3n) is 5.05. The second kappa shape index (κ2) is 10.0. The molecule has 2 heterocycles. The highest BCUT2D eigenvalue weighted by atomic mass is 32.2. The first kappa shape index (κ1) is 22.1. The van der Waals surface area contributed by atoms with E-state index in [-0.39, 0.29) is 17.4 Å². The van der Waals surface area contributed by atoms with Crippen molar-refractivity contribution in [2.75, 3.05) is 16.8 Å². The summed E-state index contributed by atoms with van der Waals surface area (Å²) < 4.78 is 3.12. The average molecular weight is 459 g/mol. The molecule has 0 radical (unpaired) electrons. The zero-order valence-electron chi connectivity index (χ0n) is 17.9. The van der Waals surface area contributed by atoms with Crippen LogP contribution in [0.25, 0.3) is 5.69 Å². The van der Waals surface area contributed by atoms with Gasteiger partial charge in [-0.15, -0.1) is 10.2 Å². The van der Waals surface area contributed by atoms with Crippen LogP contribution in [0.5, 0.6) is 0 Å². The number of aryl methyl sites for hydroxylation is 1. The number of carbonyl (C=O) groups is 1. The van der Waals surface area contributed by atoms with Crippen molar-refractivity contribution >= 4 is 29.4 Å². The number of nitrogen functional groups attached to an aromatic ring is 1. The fourth-order valence-electron chi connectivity index (χ4n) is 3.31. The highest BCUT2D eigenvalue weighted by Crippen LogP contribution is 2.26. The van der Waals surface area contributed by atoms with Gasteiger partial charge in [-0.05, 0) is 31.0 Å². The Kier molecular flexibility index (Phi) is 6.71. The minimum atomic E-state index is -0.704. The molecule has 0 aliphatic heterocycles. The maximum Gasteiger partial charge on any atom is 0.248 e. The Morgan fingerprint density at radius 3 is 2.55 bits per heavy atom. The zero-order valence-corrected chi connectivity index (χ0v) is 18.7. The summed E-state index contributed by atoms with van der Waals surface area (Å²) in [7, 11) is 0. The molecule has 166 valence electrons. The van der Waals surface area contributed by atoms with Gasteiger partial charge < -0.3 is 11.1 Å². The molecule has 9 nitrogen and oxygen atoms in total. The average Bonchev–Trinajstić information content (AvgIpc) is 3.42. The minimum absolute atomic E-state index is 0.150. The van der Waals surface area contributed by atoms with E-state index in [1.165, 1.54) is 28.2 Å². The van der Waals surface area contributed by atoms with Crippen molar-refractivity contribution in [1.82, 2.24) is 24.5 Å². The van der Waals surface area contributed by atoms with Gasteiger partial charge in [0, 0.05) is 5.75 Å². The van der Waals surface area contributed by atoms with E-state index in [9.17, 15) is 10.1 Å². The molecule has 3 N–H and O–H groups in total. The lowest BCUT2D eigenvalue weighted by Crippen LogP contribution is -2.26. The first-order valence-corrected chi connectivity index (χ1v) is 11.3. The van der Waals surface area contributed by atoms with Crippen LogP contribution in [0.2, 0.25) is 0 Å². The maximum absolute atomic E-state index is 13.2. The van der Waals surface area contributed by atoms with Gasteiger partial charge in [-0.2, -0.15) is 10.4 Å². The molecule has 1 atom stereocenters. The van der Waals surface area contributed by atoms with Crippen LogP contribution in [-0.4, -0.2) is 36.2 Å². The van der Waals surface area contributed by atoms with Gasteiger partial charge in [-0.3, -0.25) is 9.36 Å². The number of nitrogens with two attached hydrogens (primary N) is 1. The summed E-state index contributed by atoms with van der Waals surface area (Å²) in [5.41, 5.74) is 8.24. The Labute approximate surface area is 195 Å². The van der Waals surface area contributed by atoms with Crippen molar-refractivity contribution in [3.05, 3.63) is 78.0 Å². The third kappa shape index (κ3) is 4.88. The van der Waals surface area contributed by atoms with Gasteiger partial charge in [0.2, 0.25) is 11.9 Å². The largest absolute Gasteiger partial charge is 0.368 e. The van der Waals surface area contributed by atoms with E-state index in [0.29, 0.717) is 11.0 Å². The molecule has 1 amide bonds. The number of hydrogen-bond donors (Lipinski definition) is 2. The number of para-hydroxylation sites is 1. The van der Waals surface area contributed by atoms with Crippen molar-refractivity contribution in [2.45, 2.75) is 24.5 Å². The molecule has 1 unspecified atom stereocenters. The number of nitrogens with zero attached hydrogens (tertiary/aromatic N) is 6. The van der Waals surface area contributed by atoms with Gasteiger partial charge in [-0.25, -0.2) is 4.68 Å². The number of nitrogens with one attached hydrogen (secondary N) is 1. The predicted octanol–water partition coefficient (Wildman–Crippen LogP) is 3.45. The molecule has 4 aromatic rings. The van der Waals surface area contributed by atoms with E-state index in [0.717, 1.165) is 17.9 Å². The summed E-state index contributed by atoms with van der Waals surface area (Å²) in [4.78, 5) is 13.2. The van der Waals surface area contributed by atoms with Crippen LogP contribution in [0.15, 0.2) is 72.0 Å². The van der Waals surface area contributed by atoms with Gasteiger partial charge in [0.05, 0.1) is 11.9 Å². The van der Waals surface area contributed by atoms with Crippen molar-refractivity contribution < 1.29 is 4.79 Å². The summed E-state index contributed by atoms with van der Waals surface area (Å²) in [5.74, 6) is 0.846. The van der Waals surface area contributed by atoms with Crippen LogP contribution < -0.4 is 11.1 Å². The molecule has 4 rings (SSSR count). The standard InChI is InChI=1S/C23H22N8OS/c1-16(30-22(25)28-29-23(30)33-13-12-17-8-4-2-5-9-17)21(32)27-20-18(14-24)15-26-31(20)19-10-6-3-7-11-19/h2-11,15-16H,12-13H2,1H3,(H2,25,28)(H,27,32). The molecule has 0 spiro atoms. The second-order valence-electron chi connectivity index (χ2n) is 7.23. The van der Waals surface area contributed by atoms with Crippen molar-refractivity contribution in [1.29, 1.82) is 5.26 Å². The summed E-state index contributed by atoms with van der Waals surface area (Å²) in [5, 5.41) is 25.2. The number of hydrogen-bond acceptors (Lipinski definition) is 7. The summed E-state index contributed by atoms with van der Waals surface area (Å²) in [6.45, 7) is 1.71. The Morgan fingerprint density at radius 1 is 1.15 bits per heavy atom. The Morgan fingerprint density at radius 2 is 1.85 bits per heavy atom. The Bertz CT molecular complexity index is 1280. The number of thioether (sulfide) groups is 1. The van der Waals surface area contributed by atoms with E-state index in [1.54, 1.807) is 11.5 Å². The Hall–Kier alpha value is -4.10. The summed E-state index contributed by atoms with van der Waals surface area (Å²) >= 11 is 1.48. The molecular formula is C23H22N8OS. The molecule has 2 aromatic carbocycles. The van der Waals surface area contributed by atoms with E-state index in [2.05, 4.69) is 38.8 Å². The maximum atomic E-state index is 13.2. The minimum Gasteiger partial charge on any atom is -0.368 e. The highest BCUT2D eigenvalue weighted by Gasteiger charge is 2.24. The number of amides is 1. The smallest absolute Gasteiger partial charge is 0.248 e. The lowest BCUT2D eigenvalue weighted by molar-refractivity contribution is -0.119. The molecule has 2 aromatic heterocycles. The topological polar surface area (TPSA) is 127 Å². The molecule has 33 heavy (non-hydrogen) atoms. The Balaban J connectivity index is 1.51. The summed E-state index contributed by atoms with van der Waals surface area (Å²) in [6.07, 6.45) is 2.27. The van der Waals surface area contributed by atoms with Gasteiger partial charge in [0.1, 0.15) is 17.7 Å². The quantitative estimate of drug-likeness (QED) is 0.387. The lowest BCUT2D eigenvalue weighted by atomic mass is 10.2. The number of anilines is 2. The SMILES string of the molecule is CC(C(=O)Nc1c(C#N)cnn1-c1ccccc1)n1c(N)nnc1SCCc1ccccc1. The van der Waals surface area contributed by atoms with E-state index < -0.39 is 6.04 Å². The highest BCUT2D eigenvalue weighted by molar-refractivity contribution is 7.99. The summed E-state index contributed by atoms with van der Waals surface area (Å²) in [6, 6.07) is 20.8. The van der Waals surface area contributed by atoms with Crippen molar-refractivity contribution in [3.63, 3.8) is 0 Å². The number of aromatic nitrogens is 5. The fraction of sp³-hybridized carbons (Fsp3) is 0.174. The van der Waals surface area contributed by atoms with E-state index in [1.807, 2.05) is 48.5 Å². The molecule has 0 fully saturated rings. The van der Waals surface area contributed by atoms with Gasteiger partial charge in [-0.1, -0.05) is 60.3 Å². The van der Waals surface area contributed by atoms with Crippen LogP contribution in [0.1, 0.15) is 24.1 Å². The number of benzene rings is 2. The first-order valence-electron chi connectivity index (χ1n) is 10.3. The van der Waals surface area contributed by atoms with Crippen LogP contribution in [0, 0.1) is 11.3 Å². The second-order valence-corrected chi connectivity index (χ2v) is 8.29. The van der Waals surface area contributed by atoms with Crippen LogP contribution in [-0.2, 0) is 11.2 Å².